The van der Waals surface area contributed by atoms with E-state index in [9.17, 15) is 18.0 Å². The summed E-state index contributed by atoms with van der Waals surface area (Å²) in [5, 5.41) is 11.7. The number of H-pyrrole nitrogens is 1. The number of carbonyl (C=O) groups excluding carboxylic acids is 1. The molecule has 1 atom stereocenters. The Hall–Kier alpha value is -3.24. The van der Waals surface area contributed by atoms with Crippen molar-refractivity contribution in [3.63, 3.8) is 0 Å². The first-order chi connectivity index (χ1) is 12.3. The smallest absolute Gasteiger partial charge is 0.435 e. The highest BCUT2D eigenvalue weighted by Crippen LogP contribution is 2.36. The van der Waals surface area contributed by atoms with Gasteiger partial charge in [-0.3, -0.25) is 9.89 Å². The van der Waals surface area contributed by atoms with Crippen LogP contribution in [0.5, 0.6) is 11.5 Å². The van der Waals surface area contributed by atoms with Gasteiger partial charge in [-0.15, -0.1) is 0 Å². The lowest BCUT2D eigenvalue weighted by molar-refractivity contribution is -0.140. The number of halogens is 3. The Labute approximate surface area is 143 Å². The van der Waals surface area contributed by atoms with Crippen LogP contribution in [0.1, 0.15) is 5.69 Å². The van der Waals surface area contributed by atoms with Gasteiger partial charge in [0.05, 0.1) is 5.39 Å². The third-order valence-electron chi connectivity index (χ3n) is 3.86. The van der Waals surface area contributed by atoms with Crippen LogP contribution >= 0.6 is 0 Å². The molecule has 4 rings (SSSR count). The van der Waals surface area contributed by atoms with E-state index in [0.29, 0.717) is 11.5 Å². The van der Waals surface area contributed by atoms with E-state index < -0.39 is 23.9 Å². The van der Waals surface area contributed by atoms with Gasteiger partial charge in [-0.25, -0.2) is 4.68 Å². The van der Waals surface area contributed by atoms with E-state index in [4.69, 9.17) is 9.47 Å². The highest BCUT2D eigenvalue weighted by Gasteiger charge is 2.39. The molecule has 1 aliphatic rings. The van der Waals surface area contributed by atoms with Gasteiger partial charge in [0.15, 0.2) is 22.8 Å². The van der Waals surface area contributed by atoms with Crippen molar-refractivity contribution >= 4 is 22.8 Å². The number of nitrogens with zero attached hydrogens (tertiary/aromatic N) is 3. The van der Waals surface area contributed by atoms with Crippen molar-refractivity contribution in [1.82, 2.24) is 20.0 Å². The van der Waals surface area contributed by atoms with Crippen LogP contribution in [0, 0.1) is 0 Å². The van der Waals surface area contributed by atoms with Crippen LogP contribution in [0.15, 0.2) is 24.3 Å². The molecule has 0 spiro atoms. The number of amides is 1. The number of benzene rings is 1. The molecule has 1 aromatic carbocycles. The fraction of sp³-hybridized carbons (Fsp3) is 0.267. The number of ether oxygens (including phenoxy) is 2. The topological polar surface area (TPSA) is 94.1 Å². The third kappa shape index (κ3) is 2.61. The molecule has 26 heavy (non-hydrogen) atoms. The SMILES string of the molecule is Cn1nc(C(F)(F)F)c2c(NC(=O)C3COc4ccccc4O3)[nH]nc21. The molecule has 0 saturated heterocycles. The van der Waals surface area contributed by atoms with E-state index >= 15 is 0 Å². The quantitative estimate of drug-likeness (QED) is 0.723. The number of hydrogen-bond acceptors (Lipinski definition) is 5. The van der Waals surface area contributed by atoms with E-state index in [-0.39, 0.29) is 23.5 Å². The maximum absolute atomic E-state index is 13.2. The molecule has 3 heterocycles. The van der Waals surface area contributed by atoms with E-state index in [1.807, 2.05) is 0 Å². The van der Waals surface area contributed by atoms with Crippen molar-refractivity contribution in [2.75, 3.05) is 11.9 Å². The number of aryl methyl sites for hydroxylation is 1. The molecule has 1 aliphatic heterocycles. The second-order valence-corrected chi connectivity index (χ2v) is 5.62. The minimum absolute atomic E-state index is 0.0289. The number of rotatable bonds is 2. The predicted molar refractivity (Wildman–Crippen MR) is 82.8 cm³/mol. The van der Waals surface area contributed by atoms with Gasteiger partial charge in [-0.2, -0.15) is 23.4 Å². The molecule has 2 N–H and O–H groups in total. The zero-order chi connectivity index (χ0) is 18.5. The van der Waals surface area contributed by atoms with E-state index in [1.165, 1.54) is 7.05 Å². The van der Waals surface area contributed by atoms with Gasteiger partial charge in [0.2, 0.25) is 6.10 Å². The first-order valence-corrected chi connectivity index (χ1v) is 7.52. The Morgan fingerprint density at radius 3 is 2.81 bits per heavy atom. The Balaban J connectivity index is 1.61. The molecule has 2 aromatic heterocycles. The Bertz CT molecular complexity index is 994. The summed E-state index contributed by atoms with van der Waals surface area (Å²) in [6.45, 7) is -0.0701. The molecular weight excluding hydrogens is 355 g/mol. The van der Waals surface area contributed by atoms with Crippen LogP contribution in [0.2, 0.25) is 0 Å². The van der Waals surface area contributed by atoms with Crippen LogP contribution < -0.4 is 14.8 Å². The first-order valence-electron chi connectivity index (χ1n) is 7.52. The molecule has 1 unspecified atom stereocenters. The van der Waals surface area contributed by atoms with Crippen LogP contribution in [0.3, 0.4) is 0 Å². The van der Waals surface area contributed by atoms with E-state index in [0.717, 1.165) is 4.68 Å². The number of hydrogen-bond donors (Lipinski definition) is 2. The summed E-state index contributed by atoms with van der Waals surface area (Å²) < 4.78 is 51.5. The molecule has 3 aromatic rings. The number of carbonyl (C=O) groups is 1. The Morgan fingerprint density at radius 2 is 2.08 bits per heavy atom. The van der Waals surface area contributed by atoms with Crippen molar-refractivity contribution in [2.24, 2.45) is 7.05 Å². The summed E-state index contributed by atoms with van der Waals surface area (Å²) in [6, 6.07) is 6.79. The fourth-order valence-electron chi connectivity index (χ4n) is 2.68. The summed E-state index contributed by atoms with van der Waals surface area (Å²) in [5.41, 5.74) is -1.16. The van der Waals surface area contributed by atoms with Crippen LogP contribution in [0.4, 0.5) is 19.0 Å². The highest BCUT2D eigenvalue weighted by molar-refractivity contribution is 6.02. The number of aromatic nitrogens is 4. The minimum atomic E-state index is -4.69. The normalized spacial score (nSPS) is 16.7. The summed E-state index contributed by atoms with van der Waals surface area (Å²) in [4.78, 5) is 12.4. The Kier molecular flexibility index (Phi) is 3.53. The molecule has 0 fully saturated rings. The second kappa shape index (κ2) is 5.64. The molecular formula is C15H12F3N5O3. The van der Waals surface area contributed by atoms with Gasteiger partial charge < -0.3 is 14.8 Å². The average molecular weight is 367 g/mol. The van der Waals surface area contributed by atoms with Crippen molar-refractivity contribution < 1.29 is 27.4 Å². The lowest BCUT2D eigenvalue weighted by Gasteiger charge is -2.25. The summed E-state index contributed by atoms with van der Waals surface area (Å²) >= 11 is 0. The van der Waals surface area contributed by atoms with Crippen LogP contribution in [-0.4, -0.2) is 38.6 Å². The average Bonchev–Trinajstić information content (AvgIpc) is 3.16. The van der Waals surface area contributed by atoms with Gasteiger partial charge in [0.1, 0.15) is 12.4 Å². The zero-order valence-electron chi connectivity index (χ0n) is 13.3. The van der Waals surface area contributed by atoms with Gasteiger partial charge in [-0.1, -0.05) is 12.1 Å². The molecule has 8 nitrogen and oxygen atoms in total. The summed E-state index contributed by atoms with van der Waals surface area (Å²) in [7, 11) is 1.33. The second-order valence-electron chi connectivity index (χ2n) is 5.62. The number of para-hydroxylation sites is 2. The highest BCUT2D eigenvalue weighted by atomic mass is 19.4. The van der Waals surface area contributed by atoms with Crippen LogP contribution in [0.25, 0.3) is 11.0 Å². The lowest BCUT2D eigenvalue weighted by atomic mass is 10.2. The van der Waals surface area contributed by atoms with Gasteiger partial charge in [-0.05, 0) is 12.1 Å². The lowest BCUT2D eigenvalue weighted by Crippen LogP contribution is -2.40. The minimum Gasteiger partial charge on any atom is -0.485 e. The molecule has 1 amide bonds. The monoisotopic (exact) mass is 367 g/mol. The number of nitrogens with one attached hydrogen (secondary N) is 2. The van der Waals surface area contributed by atoms with Crippen molar-refractivity contribution in [3.05, 3.63) is 30.0 Å². The largest absolute Gasteiger partial charge is 0.485 e. The predicted octanol–water partition coefficient (Wildman–Crippen LogP) is 2.09. The maximum Gasteiger partial charge on any atom is 0.435 e. The molecule has 0 bridgehead atoms. The maximum atomic E-state index is 13.2. The number of alkyl halides is 3. The number of fused-ring (bicyclic) bond motifs is 2. The van der Waals surface area contributed by atoms with Gasteiger partial charge in [0, 0.05) is 7.05 Å². The van der Waals surface area contributed by atoms with E-state index in [1.54, 1.807) is 24.3 Å². The Morgan fingerprint density at radius 1 is 1.35 bits per heavy atom. The molecule has 0 radical (unpaired) electrons. The van der Waals surface area contributed by atoms with Crippen molar-refractivity contribution in [1.29, 1.82) is 0 Å². The molecule has 11 heteroatoms. The third-order valence-corrected chi connectivity index (χ3v) is 3.86. The standard InChI is InChI=1S/C15H12F3N5O3/c1-23-13-10(11(22-23)15(16,17)18)12(20-21-13)19-14(24)9-6-25-7-4-2-3-5-8(7)26-9/h2-5,9H,6H2,1H3,(H2,19,20,21,24). The number of aromatic amines is 1. The van der Waals surface area contributed by atoms with Crippen LogP contribution in [-0.2, 0) is 18.0 Å². The molecule has 0 aliphatic carbocycles. The zero-order valence-corrected chi connectivity index (χ0v) is 13.3. The molecule has 0 saturated carbocycles. The molecule has 136 valence electrons. The van der Waals surface area contributed by atoms with Crippen molar-refractivity contribution in [3.8, 4) is 11.5 Å². The summed E-state index contributed by atoms with van der Waals surface area (Å²) in [5.74, 6) is 0.00743. The van der Waals surface area contributed by atoms with E-state index in [2.05, 4.69) is 20.6 Å². The number of anilines is 1. The van der Waals surface area contributed by atoms with Gasteiger partial charge in [0.25, 0.3) is 5.91 Å². The summed E-state index contributed by atoms with van der Waals surface area (Å²) in [6.07, 6.45) is -5.71. The van der Waals surface area contributed by atoms with Gasteiger partial charge >= 0.3 is 6.18 Å². The fourth-order valence-corrected chi connectivity index (χ4v) is 2.68. The van der Waals surface area contributed by atoms with Crippen molar-refractivity contribution in [2.45, 2.75) is 12.3 Å². The first kappa shape index (κ1) is 16.2.